The molecule has 5 heteroatoms. The third-order valence-corrected chi connectivity index (χ3v) is 4.35. The van der Waals surface area contributed by atoms with E-state index in [1.54, 1.807) is 6.92 Å². The Kier molecular flexibility index (Phi) is 5.99. The monoisotopic (exact) mass is 327 g/mol. The minimum absolute atomic E-state index is 0.233. The molecule has 1 atom stereocenters. The Morgan fingerprint density at radius 1 is 1.29 bits per heavy atom. The summed E-state index contributed by atoms with van der Waals surface area (Å²) in [6.07, 6.45) is 3.52. The number of hydrogen-bond acceptors (Lipinski definition) is 4. The zero-order valence-corrected chi connectivity index (χ0v) is 14.4. The van der Waals surface area contributed by atoms with E-state index in [1.807, 2.05) is 31.2 Å². The number of rotatable bonds is 7. The Hall–Kier alpha value is -2.32. The van der Waals surface area contributed by atoms with Crippen molar-refractivity contribution in [2.75, 3.05) is 13.2 Å². The summed E-state index contributed by atoms with van der Waals surface area (Å²) in [7, 11) is 0. The van der Waals surface area contributed by atoms with Gasteiger partial charge in [0.25, 0.3) is 0 Å². The zero-order valence-electron chi connectivity index (χ0n) is 14.4. The van der Waals surface area contributed by atoms with E-state index >= 15 is 0 Å². The van der Waals surface area contributed by atoms with Gasteiger partial charge in [0.05, 0.1) is 12.7 Å². The summed E-state index contributed by atoms with van der Waals surface area (Å²) < 4.78 is 5.72. The number of benzene rings is 1. The van der Waals surface area contributed by atoms with Gasteiger partial charge in [-0.25, -0.2) is 0 Å². The lowest BCUT2D eigenvalue weighted by Gasteiger charge is -2.29. The zero-order chi connectivity index (χ0) is 17.6. The molecule has 1 heterocycles. The van der Waals surface area contributed by atoms with Crippen LogP contribution in [0.4, 0.5) is 0 Å². The highest BCUT2D eigenvalue weighted by Gasteiger charge is 2.38. The molecule has 5 nitrogen and oxygen atoms in total. The summed E-state index contributed by atoms with van der Waals surface area (Å²) in [5.74, 6) is 0.594. The smallest absolute Gasteiger partial charge is 0.244 e. The predicted molar refractivity (Wildman–Crippen MR) is 93.9 cm³/mol. The number of nitriles is 1. The summed E-state index contributed by atoms with van der Waals surface area (Å²) in [6.45, 7) is 4.95. The summed E-state index contributed by atoms with van der Waals surface area (Å²) >= 11 is 0. The second-order valence-electron chi connectivity index (χ2n) is 6.40. The molecule has 0 fully saturated rings. The maximum Gasteiger partial charge on any atom is 0.244 e. The largest absolute Gasteiger partial charge is 0.494 e. The van der Waals surface area contributed by atoms with Crippen molar-refractivity contribution in [3.63, 3.8) is 0 Å². The number of nitrogens with zero attached hydrogens (tertiary/aromatic N) is 1. The highest BCUT2D eigenvalue weighted by Crippen LogP contribution is 2.36. The first-order valence-electron chi connectivity index (χ1n) is 8.36. The van der Waals surface area contributed by atoms with E-state index in [-0.39, 0.29) is 5.91 Å². The van der Waals surface area contributed by atoms with Gasteiger partial charge in [-0.2, -0.15) is 5.26 Å². The number of ether oxygens (including phenoxy) is 1. The number of nitrogens with one attached hydrogen (secondary N) is 1. The third kappa shape index (κ3) is 4.15. The van der Waals surface area contributed by atoms with E-state index in [9.17, 15) is 10.1 Å². The second kappa shape index (κ2) is 7.98. The Morgan fingerprint density at radius 3 is 2.62 bits per heavy atom. The lowest BCUT2D eigenvalue weighted by atomic mass is 9.78. The number of nitrogens with two attached hydrogens (primary N) is 1. The highest BCUT2D eigenvalue weighted by molar-refractivity contribution is 5.93. The molecule has 0 spiro atoms. The van der Waals surface area contributed by atoms with Crippen molar-refractivity contribution in [1.29, 1.82) is 5.26 Å². The fourth-order valence-electron chi connectivity index (χ4n) is 2.72. The molecule has 3 N–H and O–H groups in total. The molecule has 0 radical (unpaired) electrons. The molecule has 0 saturated carbocycles. The molecule has 1 aliphatic rings. The van der Waals surface area contributed by atoms with Crippen LogP contribution in [-0.4, -0.2) is 19.1 Å². The van der Waals surface area contributed by atoms with Crippen LogP contribution in [0.5, 0.6) is 5.75 Å². The molecule has 1 unspecified atom stereocenters. The Labute approximate surface area is 143 Å². The number of hydrogen-bond donors (Lipinski definition) is 2. The third-order valence-electron chi connectivity index (χ3n) is 4.35. The van der Waals surface area contributed by atoms with Crippen LogP contribution in [0, 0.1) is 16.7 Å². The second-order valence-corrected chi connectivity index (χ2v) is 6.40. The Bertz CT molecular complexity index is 658. The molecule has 1 amide bonds. The average Bonchev–Trinajstić information content (AvgIpc) is 2.59. The van der Waals surface area contributed by atoms with Crippen LogP contribution in [0.3, 0.4) is 0 Å². The van der Waals surface area contributed by atoms with Gasteiger partial charge in [0.2, 0.25) is 5.91 Å². The van der Waals surface area contributed by atoms with Gasteiger partial charge in [0.15, 0.2) is 0 Å². The molecule has 24 heavy (non-hydrogen) atoms. The first-order chi connectivity index (χ1) is 11.5. The van der Waals surface area contributed by atoms with Crippen molar-refractivity contribution in [2.24, 2.45) is 11.1 Å². The van der Waals surface area contributed by atoms with Crippen molar-refractivity contribution in [1.82, 2.24) is 5.32 Å². The van der Waals surface area contributed by atoms with E-state index in [0.717, 1.165) is 48.4 Å². The van der Waals surface area contributed by atoms with Crippen LogP contribution in [0.25, 0.3) is 5.57 Å². The summed E-state index contributed by atoms with van der Waals surface area (Å²) in [4.78, 5) is 12.0. The highest BCUT2D eigenvalue weighted by atomic mass is 16.5. The summed E-state index contributed by atoms with van der Waals surface area (Å²) in [5.41, 5.74) is 7.25. The van der Waals surface area contributed by atoms with E-state index in [2.05, 4.69) is 11.4 Å². The van der Waals surface area contributed by atoms with Crippen molar-refractivity contribution in [3.05, 3.63) is 35.5 Å². The molecule has 0 saturated heterocycles. The number of amides is 1. The first kappa shape index (κ1) is 18.0. The van der Waals surface area contributed by atoms with Crippen LogP contribution in [0.2, 0.25) is 0 Å². The van der Waals surface area contributed by atoms with Crippen LogP contribution in [0.1, 0.15) is 45.1 Å². The lowest BCUT2D eigenvalue weighted by Crippen LogP contribution is -2.41. The number of unbranched alkanes of at least 4 members (excludes halogenated alkanes) is 2. The van der Waals surface area contributed by atoms with Gasteiger partial charge in [0, 0.05) is 12.1 Å². The molecular formula is C19H25N3O2. The summed E-state index contributed by atoms with van der Waals surface area (Å²) in [5, 5.41) is 12.1. The van der Waals surface area contributed by atoms with Gasteiger partial charge in [-0.1, -0.05) is 12.1 Å². The van der Waals surface area contributed by atoms with Crippen LogP contribution in [-0.2, 0) is 4.79 Å². The lowest BCUT2D eigenvalue weighted by molar-refractivity contribution is -0.127. The fourth-order valence-corrected chi connectivity index (χ4v) is 2.72. The van der Waals surface area contributed by atoms with Crippen molar-refractivity contribution in [3.8, 4) is 11.8 Å². The molecule has 0 aliphatic carbocycles. The molecule has 0 aromatic heterocycles. The Balaban J connectivity index is 2.04. The molecule has 2 rings (SSSR count). The molecule has 1 aromatic carbocycles. The summed E-state index contributed by atoms with van der Waals surface area (Å²) in [6, 6.07) is 9.94. The van der Waals surface area contributed by atoms with E-state index in [0.29, 0.717) is 13.0 Å². The molecule has 1 aliphatic heterocycles. The molecule has 0 bridgehead atoms. The van der Waals surface area contributed by atoms with Crippen molar-refractivity contribution in [2.45, 2.75) is 39.5 Å². The van der Waals surface area contributed by atoms with Crippen molar-refractivity contribution >= 4 is 11.5 Å². The number of allylic oxidation sites excluding steroid dienone is 2. The normalized spacial score (nSPS) is 20.5. The number of carbonyl (C=O) groups excluding carboxylic acids is 1. The molecular weight excluding hydrogens is 302 g/mol. The van der Waals surface area contributed by atoms with Gasteiger partial charge >= 0.3 is 0 Å². The van der Waals surface area contributed by atoms with E-state index < -0.39 is 5.41 Å². The van der Waals surface area contributed by atoms with Gasteiger partial charge in [-0.15, -0.1) is 0 Å². The van der Waals surface area contributed by atoms with Gasteiger partial charge < -0.3 is 15.8 Å². The van der Waals surface area contributed by atoms with Gasteiger partial charge in [0.1, 0.15) is 11.2 Å². The molecule has 1 aromatic rings. The SMILES string of the molecule is CC1=C(c2ccc(OCCCCCN)cc2)CC(C)(C#N)C(=O)N1. The van der Waals surface area contributed by atoms with Crippen LogP contribution in [0.15, 0.2) is 30.0 Å². The van der Waals surface area contributed by atoms with E-state index in [4.69, 9.17) is 10.5 Å². The predicted octanol–water partition coefficient (Wildman–Crippen LogP) is 2.98. The van der Waals surface area contributed by atoms with Crippen molar-refractivity contribution < 1.29 is 9.53 Å². The van der Waals surface area contributed by atoms with Crippen LogP contribution < -0.4 is 15.8 Å². The van der Waals surface area contributed by atoms with Gasteiger partial charge in [-0.05, 0) is 62.9 Å². The molecule has 128 valence electrons. The van der Waals surface area contributed by atoms with Gasteiger partial charge in [-0.3, -0.25) is 4.79 Å². The topological polar surface area (TPSA) is 88.1 Å². The minimum atomic E-state index is -1.02. The van der Waals surface area contributed by atoms with Crippen LogP contribution >= 0.6 is 0 Å². The Morgan fingerprint density at radius 2 is 2.00 bits per heavy atom. The number of carbonyl (C=O) groups is 1. The van der Waals surface area contributed by atoms with E-state index in [1.165, 1.54) is 0 Å². The standard InChI is InChI=1S/C19H25N3O2/c1-14-17(12-19(2,13-21)18(23)22-14)15-6-8-16(9-7-15)24-11-5-3-4-10-20/h6-9H,3-5,10-12,20H2,1-2H3,(H,22,23). The maximum atomic E-state index is 12.0. The fraction of sp³-hybridized carbons (Fsp3) is 0.474. The first-order valence-corrected chi connectivity index (χ1v) is 8.36. The quantitative estimate of drug-likeness (QED) is 0.754. The average molecular weight is 327 g/mol. The maximum absolute atomic E-state index is 12.0. The minimum Gasteiger partial charge on any atom is -0.494 e.